The molecule has 0 radical (unpaired) electrons. The molecule has 15 heavy (non-hydrogen) atoms. The quantitative estimate of drug-likeness (QED) is 0.776. The molecule has 1 aliphatic heterocycles. The number of carbonyl (C=O) groups excluding carboxylic acids is 1. The smallest absolute Gasteiger partial charge is 0.224 e. The molecule has 1 saturated heterocycles. The maximum atomic E-state index is 11.2. The maximum absolute atomic E-state index is 11.2. The highest BCUT2D eigenvalue weighted by atomic mass is 35.5. The Kier molecular flexibility index (Phi) is 2.78. The van der Waals surface area contributed by atoms with Gasteiger partial charge in [-0.15, -0.1) is 0 Å². The molecule has 0 aromatic heterocycles. The first-order chi connectivity index (χ1) is 7.18. The van der Waals surface area contributed by atoms with Crippen LogP contribution in [0.3, 0.4) is 0 Å². The number of rotatable bonds is 1. The Morgan fingerprint density at radius 1 is 1.40 bits per heavy atom. The van der Waals surface area contributed by atoms with Crippen molar-refractivity contribution in [3.63, 3.8) is 0 Å². The van der Waals surface area contributed by atoms with Gasteiger partial charge >= 0.3 is 0 Å². The van der Waals surface area contributed by atoms with Gasteiger partial charge in [-0.2, -0.15) is 0 Å². The van der Waals surface area contributed by atoms with E-state index in [0.29, 0.717) is 11.5 Å². The molecular weight excluding hydrogens is 210 g/mol. The van der Waals surface area contributed by atoms with E-state index in [2.05, 4.69) is 5.32 Å². The summed E-state index contributed by atoms with van der Waals surface area (Å²) in [5.41, 5.74) is 1.79. The summed E-state index contributed by atoms with van der Waals surface area (Å²) in [4.78, 5) is 11.2. The molecule has 3 heteroatoms. The van der Waals surface area contributed by atoms with Crippen molar-refractivity contribution in [2.45, 2.75) is 13.3 Å². The Morgan fingerprint density at radius 2 is 2.07 bits per heavy atom. The van der Waals surface area contributed by atoms with Gasteiger partial charge < -0.3 is 5.32 Å². The van der Waals surface area contributed by atoms with Crippen molar-refractivity contribution in [2.24, 2.45) is 5.92 Å². The summed E-state index contributed by atoms with van der Waals surface area (Å²) in [6, 6.07) is 9.67. The van der Waals surface area contributed by atoms with Crippen molar-refractivity contribution in [1.82, 2.24) is 5.32 Å². The predicted octanol–water partition coefficient (Wildman–Crippen LogP) is 2.75. The first kappa shape index (κ1) is 10.2. The van der Waals surface area contributed by atoms with Crippen LogP contribution in [0.15, 0.2) is 36.0 Å². The minimum Gasteiger partial charge on any atom is -0.328 e. The van der Waals surface area contributed by atoms with Gasteiger partial charge in [-0.25, -0.2) is 0 Å². The van der Waals surface area contributed by atoms with Crippen LogP contribution in [0, 0.1) is 5.92 Å². The Morgan fingerprint density at radius 3 is 2.60 bits per heavy atom. The first-order valence-corrected chi connectivity index (χ1v) is 5.31. The molecule has 1 aliphatic rings. The predicted molar refractivity (Wildman–Crippen MR) is 61.1 cm³/mol. The molecule has 2 nitrogen and oxygen atoms in total. The summed E-state index contributed by atoms with van der Waals surface area (Å²) >= 11 is 6.24. The minimum atomic E-state index is 0.0478. The second-order valence-corrected chi connectivity index (χ2v) is 4.12. The van der Waals surface area contributed by atoms with Gasteiger partial charge in [0.2, 0.25) is 5.91 Å². The number of benzene rings is 1. The highest BCUT2D eigenvalue weighted by Gasteiger charge is 2.25. The Hall–Kier alpha value is -1.28. The lowest BCUT2D eigenvalue weighted by Gasteiger charge is -2.07. The van der Waals surface area contributed by atoms with Crippen molar-refractivity contribution >= 4 is 22.5 Å². The van der Waals surface area contributed by atoms with Crippen molar-refractivity contribution in [2.75, 3.05) is 0 Å². The molecule has 1 heterocycles. The third-order valence-corrected chi connectivity index (χ3v) is 2.94. The van der Waals surface area contributed by atoms with Gasteiger partial charge in [-0.1, -0.05) is 48.9 Å². The van der Waals surface area contributed by atoms with E-state index in [0.717, 1.165) is 11.3 Å². The third-order valence-electron chi connectivity index (χ3n) is 2.52. The van der Waals surface area contributed by atoms with Crippen LogP contribution in [0.1, 0.15) is 18.9 Å². The molecule has 78 valence electrons. The van der Waals surface area contributed by atoms with E-state index < -0.39 is 0 Å². The van der Waals surface area contributed by atoms with Crippen LogP contribution in [-0.2, 0) is 4.79 Å². The lowest BCUT2D eigenvalue weighted by atomic mass is 10.1. The zero-order valence-corrected chi connectivity index (χ0v) is 9.21. The molecule has 0 saturated carbocycles. The van der Waals surface area contributed by atoms with Gasteiger partial charge in [-0.3, -0.25) is 4.79 Å². The molecule has 1 amide bonds. The van der Waals surface area contributed by atoms with E-state index in [9.17, 15) is 4.79 Å². The fourth-order valence-electron chi connectivity index (χ4n) is 1.72. The van der Waals surface area contributed by atoms with Gasteiger partial charge in [0.15, 0.2) is 0 Å². The van der Waals surface area contributed by atoms with Crippen molar-refractivity contribution in [1.29, 1.82) is 0 Å². The average Bonchev–Trinajstić information content (AvgIpc) is 2.58. The zero-order chi connectivity index (χ0) is 10.8. The van der Waals surface area contributed by atoms with Crippen molar-refractivity contribution in [3.05, 3.63) is 41.6 Å². The summed E-state index contributed by atoms with van der Waals surface area (Å²) in [6.45, 7) is 2.00. The standard InChI is InChI=1S/C12H12ClNO/c1-8-7-10(15)14-12(8)11(13)9-5-3-2-4-6-9/h2-6,8H,7H2,1H3,(H,14,15)/b12-11-. The number of carbonyl (C=O) groups is 1. The van der Waals surface area contributed by atoms with Crippen LogP contribution in [0.5, 0.6) is 0 Å². The summed E-state index contributed by atoms with van der Waals surface area (Å²) in [5.74, 6) is 0.233. The monoisotopic (exact) mass is 221 g/mol. The van der Waals surface area contributed by atoms with E-state index in [-0.39, 0.29) is 11.8 Å². The highest BCUT2D eigenvalue weighted by molar-refractivity contribution is 6.49. The van der Waals surface area contributed by atoms with E-state index >= 15 is 0 Å². The van der Waals surface area contributed by atoms with E-state index in [1.54, 1.807) is 0 Å². The molecule has 1 N–H and O–H groups in total. The normalized spacial score (nSPS) is 23.9. The second-order valence-electron chi connectivity index (χ2n) is 3.75. The van der Waals surface area contributed by atoms with E-state index in [1.807, 2.05) is 37.3 Å². The number of nitrogens with one attached hydrogen (secondary N) is 1. The molecule has 0 aliphatic carbocycles. The van der Waals surface area contributed by atoms with Gasteiger partial charge in [0.1, 0.15) is 0 Å². The highest BCUT2D eigenvalue weighted by Crippen LogP contribution is 2.30. The average molecular weight is 222 g/mol. The van der Waals surface area contributed by atoms with Gasteiger partial charge in [0.05, 0.1) is 5.03 Å². The fraction of sp³-hybridized carbons (Fsp3) is 0.250. The minimum absolute atomic E-state index is 0.0478. The second kappa shape index (κ2) is 4.07. The van der Waals surface area contributed by atoms with Crippen molar-refractivity contribution < 1.29 is 4.79 Å². The van der Waals surface area contributed by atoms with Crippen LogP contribution in [-0.4, -0.2) is 5.91 Å². The van der Waals surface area contributed by atoms with Crippen LogP contribution in [0.4, 0.5) is 0 Å². The lowest BCUT2D eigenvalue weighted by Crippen LogP contribution is -2.13. The van der Waals surface area contributed by atoms with Crippen LogP contribution < -0.4 is 5.32 Å². The Bertz CT molecular complexity index is 411. The van der Waals surface area contributed by atoms with Gasteiger partial charge in [0, 0.05) is 18.0 Å². The van der Waals surface area contributed by atoms with E-state index in [4.69, 9.17) is 11.6 Å². The summed E-state index contributed by atoms with van der Waals surface area (Å²) in [6.07, 6.45) is 0.526. The Labute approximate surface area is 93.9 Å². The molecule has 1 fully saturated rings. The fourth-order valence-corrected chi connectivity index (χ4v) is 2.08. The number of amides is 1. The molecule has 1 aromatic carbocycles. The molecule has 0 spiro atoms. The summed E-state index contributed by atoms with van der Waals surface area (Å²) in [7, 11) is 0. The lowest BCUT2D eigenvalue weighted by molar-refractivity contribution is -0.119. The van der Waals surface area contributed by atoms with Crippen molar-refractivity contribution in [3.8, 4) is 0 Å². The first-order valence-electron chi connectivity index (χ1n) is 4.93. The maximum Gasteiger partial charge on any atom is 0.224 e. The van der Waals surface area contributed by atoms with Crippen LogP contribution in [0.2, 0.25) is 0 Å². The molecule has 1 aromatic rings. The Balaban J connectivity index is 2.38. The van der Waals surface area contributed by atoms with Gasteiger partial charge in [-0.05, 0) is 5.56 Å². The zero-order valence-electron chi connectivity index (χ0n) is 8.46. The summed E-state index contributed by atoms with van der Waals surface area (Å²) in [5, 5.41) is 3.46. The third kappa shape index (κ3) is 2.05. The van der Waals surface area contributed by atoms with E-state index in [1.165, 1.54) is 0 Å². The topological polar surface area (TPSA) is 29.1 Å². The SMILES string of the molecule is CC1CC(=O)N/C1=C(\Cl)c1ccccc1. The summed E-state index contributed by atoms with van der Waals surface area (Å²) < 4.78 is 0. The molecule has 2 rings (SSSR count). The molecule has 1 atom stereocenters. The molecule has 1 unspecified atom stereocenters. The number of hydrogen-bond donors (Lipinski definition) is 1. The van der Waals surface area contributed by atoms with Crippen LogP contribution in [0.25, 0.3) is 5.03 Å². The molecule has 0 bridgehead atoms. The number of allylic oxidation sites excluding steroid dienone is 1. The molecular formula is C12H12ClNO. The number of hydrogen-bond acceptors (Lipinski definition) is 1. The van der Waals surface area contributed by atoms with Crippen LogP contribution >= 0.6 is 11.6 Å². The number of halogens is 1. The largest absolute Gasteiger partial charge is 0.328 e. The van der Waals surface area contributed by atoms with Gasteiger partial charge in [0.25, 0.3) is 0 Å².